The summed E-state index contributed by atoms with van der Waals surface area (Å²) in [5, 5.41) is 4.17. The summed E-state index contributed by atoms with van der Waals surface area (Å²) in [6, 6.07) is 10.1. The van der Waals surface area contributed by atoms with Gasteiger partial charge in [0.15, 0.2) is 6.10 Å². The molecule has 2 heterocycles. The van der Waals surface area contributed by atoms with Crippen LogP contribution in [0, 0.1) is 11.7 Å². The molecule has 1 amide bonds. The summed E-state index contributed by atoms with van der Waals surface area (Å²) < 4.78 is 13.1. The quantitative estimate of drug-likeness (QED) is 0.802. The molecule has 0 bridgehead atoms. The predicted octanol–water partition coefficient (Wildman–Crippen LogP) is 3.15. The van der Waals surface area contributed by atoms with Crippen molar-refractivity contribution in [3.05, 3.63) is 65.7 Å². The van der Waals surface area contributed by atoms with E-state index in [1.807, 2.05) is 17.0 Å². The van der Waals surface area contributed by atoms with E-state index in [4.69, 9.17) is 4.84 Å². The number of carbonyl (C=O) groups excluding carboxylic acids is 1. The van der Waals surface area contributed by atoms with Crippen molar-refractivity contribution >= 4 is 11.6 Å². The summed E-state index contributed by atoms with van der Waals surface area (Å²) in [4.78, 5) is 24.2. The van der Waals surface area contributed by atoms with Gasteiger partial charge in [0.2, 0.25) is 5.91 Å². The van der Waals surface area contributed by atoms with Crippen molar-refractivity contribution in [3.8, 4) is 0 Å². The minimum Gasteiger partial charge on any atom is -0.390 e. The molecule has 26 heavy (non-hydrogen) atoms. The average molecular weight is 353 g/mol. The Morgan fingerprint density at radius 2 is 2.04 bits per heavy atom. The highest BCUT2D eigenvalue weighted by Gasteiger charge is 2.35. The van der Waals surface area contributed by atoms with Gasteiger partial charge in [0.25, 0.3) is 0 Å². The normalized spacial score (nSPS) is 19.0. The molecule has 4 rings (SSSR count). The van der Waals surface area contributed by atoms with Crippen LogP contribution in [0.2, 0.25) is 0 Å². The molecule has 2 aromatic rings. The first-order valence-electron chi connectivity index (χ1n) is 8.85. The third-order valence-electron chi connectivity index (χ3n) is 4.68. The monoisotopic (exact) mass is 353 g/mol. The third-order valence-corrected chi connectivity index (χ3v) is 4.68. The van der Waals surface area contributed by atoms with Gasteiger partial charge in [0, 0.05) is 36.8 Å². The van der Waals surface area contributed by atoms with Crippen molar-refractivity contribution in [1.29, 1.82) is 0 Å². The molecule has 1 aliphatic heterocycles. The molecule has 1 aromatic carbocycles. The highest BCUT2D eigenvalue weighted by Crippen LogP contribution is 2.32. The molecule has 0 N–H and O–H groups in total. The van der Waals surface area contributed by atoms with Crippen molar-refractivity contribution < 1.29 is 14.0 Å². The SMILES string of the molecule is O=C(C1CC1)N(Cc1ccc(F)cc1)C[C@H]1CC(c2cccnc2)=NO1. The van der Waals surface area contributed by atoms with Crippen LogP contribution in [0.3, 0.4) is 0 Å². The second-order valence-electron chi connectivity index (χ2n) is 6.83. The van der Waals surface area contributed by atoms with Gasteiger partial charge in [-0.3, -0.25) is 9.78 Å². The van der Waals surface area contributed by atoms with Crippen molar-refractivity contribution in [2.24, 2.45) is 11.1 Å². The van der Waals surface area contributed by atoms with Gasteiger partial charge in [-0.1, -0.05) is 17.3 Å². The molecule has 0 saturated heterocycles. The Morgan fingerprint density at radius 3 is 2.73 bits per heavy atom. The number of hydrogen-bond acceptors (Lipinski definition) is 4. The highest BCUT2D eigenvalue weighted by atomic mass is 19.1. The standard InChI is InChI=1S/C20H20FN3O2/c21-17-7-3-14(4-8-17)12-24(20(25)15-5-6-15)13-18-10-19(23-26-18)16-2-1-9-22-11-16/h1-4,7-9,11,15,18H,5-6,10,12-13H2/t18-/m1/s1. The smallest absolute Gasteiger partial charge is 0.226 e. The Labute approximate surface area is 151 Å². The fourth-order valence-corrected chi connectivity index (χ4v) is 3.11. The first kappa shape index (κ1) is 16.7. The number of amides is 1. The summed E-state index contributed by atoms with van der Waals surface area (Å²) >= 11 is 0. The number of halogens is 1. The van der Waals surface area contributed by atoms with Crippen LogP contribution < -0.4 is 0 Å². The number of nitrogens with zero attached hydrogens (tertiary/aromatic N) is 3. The zero-order valence-corrected chi connectivity index (χ0v) is 14.3. The first-order chi connectivity index (χ1) is 12.7. The van der Waals surface area contributed by atoms with Gasteiger partial charge in [-0.25, -0.2) is 4.39 Å². The summed E-state index contributed by atoms with van der Waals surface area (Å²) in [5.74, 6) is -0.00854. The van der Waals surface area contributed by atoms with Crippen LogP contribution in [0.5, 0.6) is 0 Å². The maximum absolute atomic E-state index is 13.1. The van der Waals surface area contributed by atoms with Gasteiger partial charge in [-0.05, 0) is 42.7 Å². The Bertz CT molecular complexity index is 804. The number of oxime groups is 1. The van der Waals surface area contributed by atoms with Crippen LogP contribution in [-0.4, -0.2) is 34.2 Å². The van der Waals surface area contributed by atoms with E-state index < -0.39 is 0 Å². The molecule has 1 atom stereocenters. The third kappa shape index (κ3) is 3.90. The van der Waals surface area contributed by atoms with Crippen LogP contribution in [0.15, 0.2) is 53.9 Å². The largest absolute Gasteiger partial charge is 0.390 e. The van der Waals surface area contributed by atoms with E-state index in [9.17, 15) is 9.18 Å². The van der Waals surface area contributed by atoms with Crippen LogP contribution in [0.4, 0.5) is 4.39 Å². The lowest BCUT2D eigenvalue weighted by molar-refractivity contribution is -0.135. The van der Waals surface area contributed by atoms with Gasteiger partial charge in [0.1, 0.15) is 5.82 Å². The number of pyridine rings is 1. The van der Waals surface area contributed by atoms with Crippen molar-refractivity contribution in [2.75, 3.05) is 6.54 Å². The molecule has 1 saturated carbocycles. The maximum Gasteiger partial charge on any atom is 0.226 e. The Balaban J connectivity index is 1.42. The van der Waals surface area contributed by atoms with Gasteiger partial charge in [0.05, 0.1) is 12.3 Å². The van der Waals surface area contributed by atoms with E-state index in [1.54, 1.807) is 24.5 Å². The molecule has 1 aromatic heterocycles. The summed E-state index contributed by atoms with van der Waals surface area (Å²) in [6.45, 7) is 0.928. The van der Waals surface area contributed by atoms with E-state index in [-0.39, 0.29) is 23.7 Å². The number of aromatic nitrogens is 1. The molecule has 0 spiro atoms. The summed E-state index contributed by atoms with van der Waals surface area (Å²) in [7, 11) is 0. The zero-order valence-electron chi connectivity index (χ0n) is 14.3. The van der Waals surface area contributed by atoms with Gasteiger partial charge < -0.3 is 9.74 Å². The Hall–Kier alpha value is -2.76. The first-order valence-corrected chi connectivity index (χ1v) is 8.85. The lowest BCUT2D eigenvalue weighted by atomic mass is 10.1. The lowest BCUT2D eigenvalue weighted by Gasteiger charge is -2.25. The number of hydrogen-bond donors (Lipinski definition) is 0. The fraction of sp³-hybridized carbons (Fsp3) is 0.350. The van der Waals surface area contributed by atoms with Gasteiger partial charge >= 0.3 is 0 Å². The van der Waals surface area contributed by atoms with E-state index in [0.29, 0.717) is 19.5 Å². The van der Waals surface area contributed by atoms with E-state index in [2.05, 4.69) is 10.1 Å². The molecule has 134 valence electrons. The minimum absolute atomic E-state index is 0.121. The van der Waals surface area contributed by atoms with E-state index in [0.717, 1.165) is 29.7 Å². The maximum atomic E-state index is 13.1. The molecular formula is C20H20FN3O2. The number of carbonyl (C=O) groups is 1. The summed E-state index contributed by atoms with van der Waals surface area (Å²) in [6.07, 6.45) is 5.84. The fourth-order valence-electron chi connectivity index (χ4n) is 3.11. The number of rotatable bonds is 6. The average Bonchev–Trinajstić information content (AvgIpc) is 3.42. The predicted molar refractivity (Wildman–Crippen MR) is 94.8 cm³/mol. The second kappa shape index (κ2) is 7.23. The second-order valence-corrected chi connectivity index (χ2v) is 6.83. The highest BCUT2D eigenvalue weighted by molar-refractivity contribution is 6.01. The topological polar surface area (TPSA) is 54.8 Å². The molecule has 5 nitrogen and oxygen atoms in total. The molecule has 0 radical (unpaired) electrons. The number of benzene rings is 1. The molecule has 1 fully saturated rings. The zero-order chi connectivity index (χ0) is 17.9. The van der Waals surface area contributed by atoms with Crippen LogP contribution >= 0.6 is 0 Å². The molecule has 6 heteroatoms. The van der Waals surface area contributed by atoms with Crippen molar-refractivity contribution in [1.82, 2.24) is 9.88 Å². The van der Waals surface area contributed by atoms with Gasteiger partial charge in [-0.15, -0.1) is 0 Å². The minimum atomic E-state index is -0.276. The Morgan fingerprint density at radius 1 is 1.23 bits per heavy atom. The van der Waals surface area contributed by atoms with Crippen molar-refractivity contribution in [3.63, 3.8) is 0 Å². The van der Waals surface area contributed by atoms with Crippen molar-refractivity contribution in [2.45, 2.75) is 31.9 Å². The molecular weight excluding hydrogens is 333 g/mol. The molecule has 0 unspecified atom stereocenters. The van der Waals surface area contributed by atoms with E-state index in [1.165, 1.54) is 12.1 Å². The molecule has 1 aliphatic carbocycles. The lowest BCUT2D eigenvalue weighted by Crippen LogP contribution is -2.38. The molecule has 2 aliphatic rings. The van der Waals surface area contributed by atoms with Crippen LogP contribution in [0.25, 0.3) is 0 Å². The van der Waals surface area contributed by atoms with Gasteiger partial charge in [-0.2, -0.15) is 0 Å². The Kier molecular flexibility index (Phi) is 4.65. The van der Waals surface area contributed by atoms with E-state index >= 15 is 0 Å². The van der Waals surface area contributed by atoms with Crippen LogP contribution in [0.1, 0.15) is 30.4 Å². The summed E-state index contributed by atoms with van der Waals surface area (Å²) in [5.41, 5.74) is 2.70. The van der Waals surface area contributed by atoms with Crippen LogP contribution in [-0.2, 0) is 16.2 Å².